The number of rotatable bonds is 6. The highest BCUT2D eigenvalue weighted by atomic mass is 35.5. The van der Waals surface area contributed by atoms with Crippen LogP contribution in [0.15, 0.2) is 48.8 Å². The van der Waals surface area contributed by atoms with Gasteiger partial charge in [0.2, 0.25) is 5.91 Å². The maximum atomic E-state index is 12.4. The fraction of sp³-hybridized carbons (Fsp3) is 0.368. The number of benzene rings is 1. The summed E-state index contributed by atoms with van der Waals surface area (Å²) in [7, 11) is 0. The van der Waals surface area contributed by atoms with Crippen LogP contribution in [0.1, 0.15) is 11.1 Å². The van der Waals surface area contributed by atoms with Gasteiger partial charge in [-0.2, -0.15) is 0 Å². The van der Waals surface area contributed by atoms with Crippen molar-refractivity contribution in [2.24, 2.45) is 5.92 Å². The van der Waals surface area contributed by atoms with Crippen LogP contribution in [0.2, 0.25) is 5.02 Å². The molecule has 25 heavy (non-hydrogen) atoms. The molecule has 1 aliphatic heterocycles. The molecule has 0 bridgehead atoms. The van der Waals surface area contributed by atoms with Crippen LogP contribution in [0.25, 0.3) is 0 Å². The molecule has 1 N–H and O–H groups in total. The summed E-state index contributed by atoms with van der Waals surface area (Å²) in [4.78, 5) is 18.2. The summed E-state index contributed by atoms with van der Waals surface area (Å²) in [5.74, 6) is 1.27. The number of pyridine rings is 1. The number of aliphatic hydroxyl groups excluding tert-OH is 1. The number of hydrogen-bond acceptors (Lipinski definition) is 4. The zero-order valence-corrected chi connectivity index (χ0v) is 15.4. The number of β-amino-alcohol motifs (C(OH)–C–C–N with tert-alkyl or cyclic N) is 1. The van der Waals surface area contributed by atoms with Gasteiger partial charge in [0, 0.05) is 42.2 Å². The fourth-order valence-electron chi connectivity index (χ4n) is 3.04. The Balaban J connectivity index is 1.47. The Kier molecular flexibility index (Phi) is 6.34. The molecule has 2 aromatic rings. The second kappa shape index (κ2) is 8.70. The number of carbonyl (C=O) groups is 1. The van der Waals surface area contributed by atoms with E-state index in [0.29, 0.717) is 24.6 Å². The van der Waals surface area contributed by atoms with E-state index < -0.39 is 6.10 Å². The van der Waals surface area contributed by atoms with E-state index in [2.05, 4.69) is 4.98 Å². The normalized spacial score (nSPS) is 20.0. The molecule has 1 aromatic heterocycles. The van der Waals surface area contributed by atoms with Crippen molar-refractivity contribution < 1.29 is 9.90 Å². The topological polar surface area (TPSA) is 53.4 Å². The molecule has 0 spiro atoms. The Morgan fingerprint density at radius 1 is 1.24 bits per heavy atom. The third-order valence-corrected chi connectivity index (χ3v) is 5.78. The van der Waals surface area contributed by atoms with Crippen LogP contribution in [0.5, 0.6) is 0 Å². The maximum Gasteiger partial charge on any atom is 0.232 e. The molecule has 4 nitrogen and oxygen atoms in total. The molecule has 1 amide bonds. The molecule has 0 unspecified atom stereocenters. The van der Waals surface area contributed by atoms with E-state index in [1.807, 2.05) is 36.4 Å². The van der Waals surface area contributed by atoms with E-state index in [1.165, 1.54) is 0 Å². The van der Waals surface area contributed by atoms with Crippen LogP contribution >= 0.6 is 23.4 Å². The van der Waals surface area contributed by atoms with E-state index in [4.69, 9.17) is 11.6 Å². The number of halogens is 1. The molecule has 2 atom stereocenters. The number of aromatic nitrogens is 1. The highest BCUT2D eigenvalue weighted by Gasteiger charge is 2.33. The lowest BCUT2D eigenvalue weighted by Gasteiger charge is -2.16. The van der Waals surface area contributed by atoms with Crippen LogP contribution in [0.4, 0.5) is 0 Å². The SMILES string of the molecule is O=C(CSCc1ccccc1Cl)N1C[C@@H](Cc2ccncc2)[C@H](O)C1. The van der Waals surface area contributed by atoms with Gasteiger partial charge in [0.25, 0.3) is 0 Å². The van der Waals surface area contributed by atoms with Crippen LogP contribution < -0.4 is 0 Å². The Hall–Kier alpha value is -1.56. The van der Waals surface area contributed by atoms with Crippen molar-refractivity contribution in [1.82, 2.24) is 9.88 Å². The molecule has 0 saturated carbocycles. The minimum absolute atomic E-state index is 0.0772. The van der Waals surface area contributed by atoms with Gasteiger partial charge in [0.05, 0.1) is 11.9 Å². The molecule has 1 fully saturated rings. The number of amides is 1. The number of thioether (sulfide) groups is 1. The zero-order valence-electron chi connectivity index (χ0n) is 13.8. The smallest absolute Gasteiger partial charge is 0.232 e. The van der Waals surface area contributed by atoms with Gasteiger partial charge in [0.15, 0.2) is 0 Å². The average molecular weight is 377 g/mol. The van der Waals surface area contributed by atoms with Crippen molar-refractivity contribution >= 4 is 29.3 Å². The Labute approximate surface area is 157 Å². The zero-order chi connectivity index (χ0) is 17.6. The second-order valence-corrected chi connectivity index (χ2v) is 7.66. The lowest BCUT2D eigenvalue weighted by molar-refractivity contribution is -0.127. The predicted molar refractivity (Wildman–Crippen MR) is 102 cm³/mol. The van der Waals surface area contributed by atoms with Crippen molar-refractivity contribution in [3.63, 3.8) is 0 Å². The van der Waals surface area contributed by atoms with E-state index in [0.717, 1.165) is 22.6 Å². The largest absolute Gasteiger partial charge is 0.391 e. The Bertz CT molecular complexity index is 714. The molecule has 1 saturated heterocycles. The van der Waals surface area contributed by atoms with Crippen LogP contribution in [-0.2, 0) is 17.0 Å². The summed E-state index contributed by atoms with van der Waals surface area (Å²) in [6, 6.07) is 11.6. The number of aliphatic hydroxyl groups is 1. The summed E-state index contributed by atoms with van der Waals surface area (Å²) in [6.07, 6.45) is 3.81. The van der Waals surface area contributed by atoms with Crippen molar-refractivity contribution in [1.29, 1.82) is 0 Å². The summed E-state index contributed by atoms with van der Waals surface area (Å²) in [6.45, 7) is 1.02. The number of carbonyl (C=O) groups excluding carboxylic acids is 1. The Morgan fingerprint density at radius 2 is 2.00 bits per heavy atom. The standard InChI is InChI=1S/C19H21ClN2O2S/c20-17-4-2-1-3-15(17)12-25-13-19(24)22-10-16(18(23)11-22)9-14-5-7-21-8-6-14/h1-8,16,18,23H,9-13H2/t16-,18-/m1/s1. The van der Waals surface area contributed by atoms with Crippen molar-refractivity contribution in [3.8, 4) is 0 Å². The lowest BCUT2D eigenvalue weighted by atomic mass is 9.97. The predicted octanol–water partition coefficient (Wildman–Crippen LogP) is 3.03. The first-order chi connectivity index (χ1) is 12.1. The third kappa shape index (κ3) is 4.97. The van der Waals surface area contributed by atoms with Gasteiger partial charge in [-0.05, 0) is 35.7 Å². The number of hydrogen-bond donors (Lipinski definition) is 1. The first-order valence-corrected chi connectivity index (χ1v) is 9.82. The second-order valence-electron chi connectivity index (χ2n) is 6.27. The van der Waals surface area contributed by atoms with Crippen LogP contribution in [0, 0.1) is 5.92 Å². The monoisotopic (exact) mass is 376 g/mol. The van der Waals surface area contributed by atoms with E-state index in [1.54, 1.807) is 29.1 Å². The molecule has 3 rings (SSSR count). The molecule has 2 heterocycles. The van der Waals surface area contributed by atoms with E-state index in [-0.39, 0.29) is 11.8 Å². The molecule has 132 valence electrons. The summed E-state index contributed by atoms with van der Waals surface area (Å²) >= 11 is 7.69. The first kappa shape index (κ1) is 18.2. The lowest BCUT2D eigenvalue weighted by Crippen LogP contribution is -2.31. The van der Waals surface area contributed by atoms with Gasteiger partial charge in [-0.25, -0.2) is 0 Å². The van der Waals surface area contributed by atoms with E-state index in [9.17, 15) is 9.90 Å². The van der Waals surface area contributed by atoms with Gasteiger partial charge in [-0.1, -0.05) is 29.8 Å². The summed E-state index contributed by atoms with van der Waals surface area (Å²) in [5, 5.41) is 11.0. The molecule has 0 radical (unpaired) electrons. The van der Waals surface area contributed by atoms with Crippen molar-refractivity contribution in [2.75, 3.05) is 18.8 Å². The van der Waals surface area contributed by atoms with Gasteiger partial charge < -0.3 is 10.0 Å². The molecule has 0 aliphatic carbocycles. The van der Waals surface area contributed by atoms with E-state index >= 15 is 0 Å². The van der Waals surface area contributed by atoms with Gasteiger partial charge in [-0.3, -0.25) is 9.78 Å². The van der Waals surface area contributed by atoms with Gasteiger partial charge >= 0.3 is 0 Å². The van der Waals surface area contributed by atoms with Crippen molar-refractivity contribution in [2.45, 2.75) is 18.3 Å². The minimum atomic E-state index is -0.467. The highest BCUT2D eigenvalue weighted by Crippen LogP contribution is 2.24. The quantitative estimate of drug-likeness (QED) is 0.842. The maximum absolute atomic E-state index is 12.4. The third-order valence-electron chi connectivity index (χ3n) is 4.45. The summed E-state index contributed by atoms with van der Waals surface area (Å²) < 4.78 is 0. The molecule has 1 aliphatic rings. The minimum Gasteiger partial charge on any atom is -0.391 e. The van der Waals surface area contributed by atoms with Gasteiger partial charge in [0.1, 0.15) is 0 Å². The van der Waals surface area contributed by atoms with Crippen molar-refractivity contribution in [3.05, 3.63) is 64.9 Å². The fourth-order valence-corrected chi connectivity index (χ4v) is 4.25. The molecule has 1 aromatic carbocycles. The molecular formula is C19H21ClN2O2S. The average Bonchev–Trinajstić information content (AvgIpc) is 2.98. The Morgan fingerprint density at radius 3 is 2.76 bits per heavy atom. The van der Waals surface area contributed by atoms with Gasteiger partial charge in [-0.15, -0.1) is 11.8 Å². The highest BCUT2D eigenvalue weighted by molar-refractivity contribution is 7.99. The molecular weight excluding hydrogens is 356 g/mol. The number of nitrogens with zero attached hydrogens (tertiary/aromatic N) is 2. The molecule has 6 heteroatoms. The summed E-state index contributed by atoms with van der Waals surface area (Å²) in [5.41, 5.74) is 2.18. The van der Waals surface area contributed by atoms with Crippen LogP contribution in [-0.4, -0.2) is 45.8 Å². The first-order valence-electron chi connectivity index (χ1n) is 8.29. The number of likely N-dealkylation sites (tertiary alicyclic amines) is 1. The van der Waals surface area contributed by atoms with Crippen LogP contribution in [0.3, 0.4) is 0 Å².